The van der Waals surface area contributed by atoms with Gasteiger partial charge in [-0.15, -0.1) is 6.58 Å². The van der Waals surface area contributed by atoms with Crippen LogP contribution < -0.4 is 0 Å². The maximum Gasteiger partial charge on any atom is 0.0889 e. The van der Waals surface area contributed by atoms with Gasteiger partial charge in [0.25, 0.3) is 0 Å². The fourth-order valence-corrected chi connectivity index (χ4v) is 2.25. The molecule has 13 heavy (non-hydrogen) atoms. The predicted molar refractivity (Wildman–Crippen MR) is 56.5 cm³/mol. The second kappa shape index (κ2) is 4.10. The van der Waals surface area contributed by atoms with Crippen molar-refractivity contribution in [2.24, 2.45) is 5.92 Å². The van der Waals surface area contributed by atoms with E-state index in [1.165, 1.54) is 12.0 Å². The van der Waals surface area contributed by atoms with Crippen molar-refractivity contribution in [3.8, 4) is 0 Å². The summed E-state index contributed by atoms with van der Waals surface area (Å²) in [5, 5.41) is 10.3. The van der Waals surface area contributed by atoms with Crippen molar-refractivity contribution in [1.29, 1.82) is 0 Å². The van der Waals surface area contributed by atoms with E-state index in [0.717, 1.165) is 19.3 Å². The number of aliphatic hydroxyl groups is 1. The monoisotopic (exact) mass is 180 g/mol. The van der Waals surface area contributed by atoms with Gasteiger partial charge in [-0.1, -0.05) is 30.6 Å². The third-order valence-corrected chi connectivity index (χ3v) is 3.28. The van der Waals surface area contributed by atoms with Gasteiger partial charge in [0.1, 0.15) is 0 Å². The molecule has 1 aliphatic rings. The van der Waals surface area contributed by atoms with Crippen molar-refractivity contribution in [1.82, 2.24) is 0 Å². The lowest BCUT2D eigenvalue weighted by Gasteiger charge is -2.38. The number of rotatable bonds is 2. The summed E-state index contributed by atoms with van der Waals surface area (Å²) in [5.74, 6) is 0.295. The highest BCUT2D eigenvalue weighted by Gasteiger charge is 2.36. The van der Waals surface area contributed by atoms with Crippen molar-refractivity contribution in [3.63, 3.8) is 0 Å². The standard InChI is InChI=1S/C12H20O/c1-4-10(3)11-8-6-7-9-12(11,13)5-2/h4-5,11,13H,2,6-9H2,1,3H3/b10-4+/t11-,12-/m1/s1. The molecule has 2 atom stereocenters. The normalized spacial score (nSPS) is 35.9. The Balaban J connectivity index is 2.85. The van der Waals surface area contributed by atoms with Crippen molar-refractivity contribution in [2.45, 2.75) is 45.1 Å². The van der Waals surface area contributed by atoms with Crippen LogP contribution in [-0.4, -0.2) is 10.7 Å². The summed E-state index contributed by atoms with van der Waals surface area (Å²) < 4.78 is 0. The van der Waals surface area contributed by atoms with E-state index in [9.17, 15) is 5.11 Å². The fourth-order valence-electron chi connectivity index (χ4n) is 2.25. The van der Waals surface area contributed by atoms with Crippen molar-refractivity contribution >= 4 is 0 Å². The summed E-state index contributed by atoms with van der Waals surface area (Å²) in [6.45, 7) is 7.88. The Morgan fingerprint density at radius 1 is 1.54 bits per heavy atom. The van der Waals surface area contributed by atoms with Gasteiger partial charge >= 0.3 is 0 Å². The predicted octanol–water partition coefficient (Wildman–Crippen LogP) is 3.06. The Bertz CT molecular complexity index is 217. The Morgan fingerprint density at radius 2 is 2.23 bits per heavy atom. The minimum atomic E-state index is -0.644. The highest BCUT2D eigenvalue weighted by molar-refractivity contribution is 5.15. The average Bonchev–Trinajstić information content (AvgIpc) is 2.17. The second-order valence-electron chi connectivity index (χ2n) is 4.03. The molecule has 0 aliphatic heterocycles. The second-order valence-corrected chi connectivity index (χ2v) is 4.03. The van der Waals surface area contributed by atoms with Crippen LogP contribution in [0, 0.1) is 5.92 Å². The molecular formula is C12H20O. The highest BCUT2D eigenvalue weighted by Crippen LogP contribution is 2.38. The molecule has 74 valence electrons. The molecule has 0 saturated heterocycles. The van der Waals surface area contributed by atoms with Crippen LogP contribution in [0.2, 0.25) is 0 Å². The molecule has 0 radical (unpaired) electrons. The van der Waals surface area contributed by atoms with Crippen LogP contribution in [0.3, 0.4) is 0 Å². The molecule has 0 bridgehead atoms. The number of hydrogen-bond acceptors (Lipinski definition) is 1. The summed E-state index contributed by atoms with van der Waals surface area (Å²) in [5.41, 5.74) is 0.650. The van der Waals surface area contributed by atoms with E-state index >= 15 is 0 Å². The molecule has 0 aromatic carbocycles. The molecule has 1 heteroatoms. The summed E-state index contributed by atoms with van der Waals surface area (Å²) in [6.07, 6.45) is 8.14. The average molecular weight is 180 g/mol. The van der Waals surface area contributed by atoms with E-state index < -0.39 is 5.60 Å². The lowest BCUT2D eigenvalue weighted by molar-refractivity contribution is 0.0113. The van der Waals surface area contributed by atoms with E-state index in [4.69, 9.17) is 0 Å². The van der Waals surface area contributed by atoms with Crippen molar-refractivity contribution in [3.05, 3.63) is 24.3 Å². The van der Waals surface area contributed by atoms with Crippen LogP contribution in [0.15, 0.2) is 24.3 Å². The molecule has 1 rings (SSSR count). The van der Waals surface area contributed by atoms with Gasteiger partial charge in [0.2, 0.25) is 0 Å². The van der Waals surface area contributed by atoms with Gasteiger partial charge in [-0.05, 0) is 26.7 Å². The molecule has 0 unspecified atom stereocenters. The third-order valence-electron chi connectivity index (χ3n) is 3.28. The van der Waals surface area contributed by atoms with E-state index in [2.05, 4.69) is 19.6 Å². The Kier molecular flexibility index (Phi) is 3.32. The fraction of sp³-hybridized carbons (Fsp3) is 0.667. The first-order chi connectivity index (χ1) is 6.14. The zero-order chi connectivity index (χ0) is 9.90. The topological polar surface area (TPSA) is 20.2 Å². The summed E-state index contributed by atoms with van der Waals surface area (Å²) >= 11 is 0. The van der Waals surface area contributed by atoms with E-state index in [1.807, 2.05) is 6.92 Å². The number of hydrogen-bond donors (Lipinski definition) is 1. The van der Waals surface area contributed by atoms with Gasteiger partial charge in [-0.25, -0.2) is 0 Å². The lowest BCUT2D eigenvalue weighted by Crippen LogP contribution is -2.39. The Labute approximate surface area is 81.2 Å². The smallest absolute Gasteiger partial charge is 0.0889 e. The summed E-state index contributed by atoms with van der Waals surface area (Å²) in [4.78, 5) is 0. The molecule has 0 amide bonds. The molecule has 1 aliphatic carbocycles. The molecule has 0 aromatic heterocycles. The molecular weight excluding hydrogens is 160 g/mol. The van der Waals surface area contributed by atoms with Gasteiger partial charge < -0.3 is 5.11 Å². The SMILES string of the molecule is C=C[C@@]1(O)CCCC[C@@H]1/C(C)=C/C. The van der Waals surface area contributed by atoms with Crippen LogP contribution >= 0.6 is 0 Å². The van der Waals surface area contributed by atoms with Crippen LogP contribution in [-0.2, 0) is 0 Å². The highest BCUT2D eigenvalue weighted by atomic mass is 16.3. The maximum absolute atomic E-state index is 10.3. The quantitative estimate of drug-likeness (QED) is 0.647. The summed E-state index contributed by atoms with van der Waals surface area (Å²) in [6, 6.07) is 0. The Morgan fingerprint density at radius 3 is 2.77 bits per heavy atom. The molecule has 1 N–H and O–H groups in total. The van der Waals surface area contributed by atoms with Crippen LogP contribution in [0.4, 0.5) is 0 Å². The molecule has 0 aromatic rings. The van der Waals surface area contributed by atoms with E-state index in [-0.39, 0.29) is 0 Å². The minimum Gasteiger partial charge on any atom is -0.385 e. The first-order valence-corrected chi connectivity index (χ1v) is 5.13. The largest absolute Gasteiger partial charge is 0.385 e. The van der Waals surface area contributed by atoms with E-state index in [1.54, 1.807) is 6.08 Å². The zero-order valence-electron chi connectivity index (χ0n) is 8.71. The third kappa shape index (κ3) is 2.02. The van der Waals surface area contributed by atoms with Gasteiger partial charge in [0.05, 0.1) is 5.60 Å². The van der Waals surface area contributed by atoms with Crippen LogP contribution in [0.1, 0.15) is 39.5 Å². The molecule has 0 heterocycles. The van der Waals surface area contributed by atoms with E-state index in [0.29, 0.717) is 5.92 Å². The van der Waals surface area contributed by atoms with Gasteiger partial charge in [-0.3, -0.25) is 0 Å². The van der Waals surface area contributed by atoms with Gasteiger partial charge in [0.15, 0.2) is 0 Å². The first-order valence-electron chi connectivity index (χ1n) is 5.13. The molecule has 1 nitrogen and oxygen atoms in total. The Hall–Kier alpha value is -0.560. The zero-order valence-corrected chi connectivity index (χ0v) is 8.71. The van der Waals surface area contributed by atoms with Gasteiger partial charge in [-0.2, -0.15) is 0 Å². The van der Waals surface area contributed by atoms with Crippen molar-refractivity contribution in [2.75, 3.05) is 0 Å². The maximum atomic E-state index is 10.3. The molecule has 1 saturated carbocycles. The van der Waals surface area contributed by atoms with Crippen LogP contribution in [0.25, 0.3) is 0 Å². The van der Waals surface area contributed by atoms with Crippen LogP contribution in [0.5, 0.6) is 0 Å². The lowest BCUT2D eigenvalue weighted by atomic mass is 9.72. The number of allylic oxidation sites excluding steroid dienone is 1. The molecule has 1 fully saturated rings. The summed E-state index contributed by atoms with van der Waals surface area (Å²) in [7, 11) is 0. The van der Waals surface area contributed by atoms with Gasteiger partial charge in [0, 0.05) is 5.92 Å². The first kappa shape index (κ1) is 10.5. The molecule has 0 spiro atoms. The minimum absolute atomic E-state index is 0.295. The van der Waals surface area contributed by atoms with Crippen molar-refractivity contribution < 1.29 is 5.11 Å².